The van der Waals surface area contributed by atoms with Crippen molar-refractivity contribution in [2.45, 2.75) is 17.8 Å². The van der Waals surface area contributed by atoms with Crippen LogP contribution in [0.2, 0.25) is 0 Å². The van der Waals surface area contributed by atoms with E-state index >= 15 is 0 Å². The fourth-order valence-electron chi connectivity index (χ4n) is 2.41. The molecule has 28 heavy (non-hydrogen) atoms. The first-order valence-corrected chi connectivity index (χ1v) is 9.47. The van der Waals surface area contributed by atoms with Crippen LogP contribution in [-0.4, -0.2) is 51.0 Å². The Morgan fingerprint density at radius 1 is 1.04 bits per heavy atom. The van der Waals surface area contributed by atoms with Crippen molar-refractivity contribution in [1.29, 1.82) is 0 Å². The van der Waals surface area contributed by atoms with Crippen LogP contribution >= 0.6 is 0 Å². The van der Waals surface area contributed by atoms with Gasteiger partial charge < -0.3 is 9.64 Å². The monoisotopic (exact) mass is 416 g/mol. The highest BCUT2D eigenvalue weighted by Crippen LogP contribution is 2.27. The van der Waals surface area contributed by atoms with Gasteiger partial charge in [0.2, 0.25) is 10.0 Å². The van der Waals surface area contributed by atoms with E-state index in [1.54, 1.807) is 0 Å². The van der Waals surface area contributed by atoms with Crippen molar-refractivity contribution in [2.24, 2.45) is 0 Å². The Hall–Kier alpha value is -2.59. The summed E-state index contributed by atoms with van der Waals surface area (Å²) in [6, 6.07) is 10.9. The third-order valence-electron chi connectivity index (χ3n) is 3.81. The third kappa shape index (κ3) is 5.23. The molecule has 0 radical (unpaired) electrons. The first-order valence-electron chi connectivity index (χ1n) is 8.03. The maximum Gasteiger partial charge on any atom is 0.573 e. The molecule has 6 nitrogen and oxygen atoms in total. The molecule has 0 saturated carbocycles. The molecule has 0 spiro atoms. The molecular formula is C18H19F3N2O4S. The lowest BCUT2D eigenvalue weighted by atomic mass is 10.1. The summed E-state index contributed by atoms with van der Waals surface area (Å²) >= 11 is 0. The van der Waals surface area contributed by atoms with E-state index in [0.717, 1.165) is 10.4 Å². The highest BCUT2D eigenvalue weighted by atomic mass is 32.2. The Morgan fingerprint density at radius 3 is 2.29 bits per heavy atom. The van der Waals surface area contributed by atoms with Crippen molar-refractivity contribution in [3.05, 3.63) is 59.7 Å². The van der Waals surface area contributed by atoms with E-state index in [4.69, 9.17) is 0 Å². The van der Waals surface area contributed by atoms with Gasteiger partial charge in [-0.3, -0.25) is 4.79 Å². The quantitative estimate of drug-likeness (QED) is 0.726. The molecular weight excluding hydrogens is 397 g/mol. The number of benzene rings is 2. The maximum absolute atomic E-state index is 12.6. The summed E-state index contributed by atoms with van der Waals surface area (Å²) in [6.45, 7) is -0.157. The van der Waals surface area contributed by atoms with Crippen LogP contribution < -0.4 is 4.74 Å². The Balaban J connectivity index is 2.25. The number of hydrogen-bond acceptors (Lipinski definition) is 4. The van der Waals surface area contributed by atoms with E-state index in [-0.39, 0.29) is 22.6 Å². The van der Waals surface area contributed by atoms with Gasteiger partial charge in [-0.1, -0.05) is 24.3 Å². The number of ether oxygens (including phenoxy) is 1. The second-order valence-corrected chi connectivity index (χ2v) is 8.28. The SMILES string of the molecule is CN(Cc1ccccc1OC(F)(F)F)C(=O)c1cccc(S(=O)(=O)N(C)C)c1. The van der Waals surface area contributed by atoms with Gasteiger partial charge in [-0.25, -0.2) is 12.7 Å². The molecule has 0 aliphatic heterocycles. The Labute approximate surface area is 161 Å². The van der Waals surface area contributed by atoms with Crippen molar-refractivity contribution < 1.29 is 31.1 Å². The number of carbonyl (C=O) groups excluding carboxylic acids is 1. The highest BCUT2D eigenvalue weighted by Gasteiger charge is 2.32. The zero-order chi connectivity index (χ0) is 21.1. The predicted octanol–water partition coefficient (Wildman–Crippen LogP) is 3.11. The summed E-state index contributed by atoms with van der Waals surface area (Å²) < 4.78 is 67.1. The molecule has 0 aliphatic carbocycles. The number of carbonyl (C=O) groups is 1. The molecule has 2 rings (SSSR count). The maximum atomic E-state index is 12.6. The van der Waals surface area contributed by atoms with Crippen molar-refractivity contribution in [1.82, 2.24) is 9.21 Å². The van der Waals surface area contributed by atoms with Gasteiger partial charge in [-0.05, 0) is 24.3 Å². The van der Waals surface area contributed by atoms with E-state index in [9.17, 15) is 26.4 Å². The van der Waals surface area contributed by atoms with Gasteiger partial charge in [0.25, 0.3) is 5.91 Å². The normalized spacial score (nSPS) is 12.1. The van der Waals surface area contributed by atoms with Gasteiger partial charge in [-0.2, -0.15) is 0 Å². The molecule has 152 valence electrons. The van der Waals surface area contributed by atoms with E-state index in [2.05, 4.69) is 4.74 Å². The second-order valence-electron chi connectivity index (χ2n) is 6.13. The summed E-state index contributed by atoms with van der Waals surface area (Å²) in [6.07, 6.45) is -4.85. The molecule has 1 amide bonds. The van der Waals surface area contributed by atoms with Crippen LogP contribution in [0.3, 0.4) is 0 Å². The first kappa shape index (κ1) is 21.7. The Kier molecular flexibility index (Phi) is 6.35. The molecule has 0 bridgehead atoms. The van der Waals surface area contributed by atoms with Gasteiger partial charge in [0.05, 0.1) is 4.90 Å². The molecule has 0 aromatic heterocycles. The standard InChI is InChI=1S/C18H19F3N2O4S/c1-22(2)28(25,26)15-9-6-8-13(11-15)17(24)23(3)12-14-7-4-5-10-16(14)27-18(19,20)21/h4-11H,12H2,1-3H3. The molecule has 0 N–H and O–H groups in total. The lowest BCUT2D eigenvalue weighted by molar-refractivity contribution is -0.275. The average Bonchev–Trinajstić information content (AvgIpc) is 2.61. The van der Waals surface area contributed by atoms with Gasteiger partial charge >= 0.3 is 6.36 Å². The number of amides is 1. The summed E-state index contributed by atoms with van der Waals surface area (Å²) in [5.41, 5.74) is 0.257. The van der Waals surface area contributed by atoms with Crippen LogP contribution in [0.25, 0.3) is 0 Å². The first-order chi connectivity index (χ1) is 12.9. The van der Waals surface area contributed by atoms with E-state index in [1.807, 2.05) is 0 Å². The smallest absolute Gasteiger partial charge is 0.405 e. The molecule has 0 fully saturated rings. The van der Waals surface area contributed by atoms with Crippen LogP contribution in [0.15, 0.2) is 53.4 Å². The molecule has 2 aromatic rings. The number of para-hydroxylation sites is 1. The predicted molar refractivity (Wildman–Crippen MR) is 96.2 cm³/mol. The van der Waals surface area contributed by atoms with Crippen LogP contribution in [0.5, 0.6) is 5.75 Å². The number of halogens is 3. The number of rotatable bonds is 6. The van der Waals surface area contributed by atoms with Gasteiger partial charge in [0.15, 0.2) is 0 Å². The highest BCUT2D eigenvalue weighted by molar-refractivity contribution is 7.89. The topological polar surface area (TPSA) is 66.9 Å². The second kappa shape index (κ2) is 8.19. The van der Waals surface area contributed by atoms with E-state index < -0.39 is 28.0 Å². The minimum atomic E-state index is -4.85. The fourth-order valence-corrected chi connectivity index (χ4v) is 3.35. The Morgan fingerprint density at radius 2 is 1.68 bits per heavy atom. The lowest BCUT2D eigenvalue weighted by Crippen LogP contribution is -2.28. The van der Waals surface area contributed by atoms with Crippen molar-refractivity contribution >= 4 is 15.9 Å². The summed E-state index contributed by atoms with van der Waals surface area (Å²) in [4.78, 5) is 13.8. The number of sulfonamides is 1. The van der Waals surface area contributed by atoms with Gasteiger partial charge in [0.1, 0.15) is 5.75 Å². The number of alkyl halides is 3. The van der Waals surface area contributed by atoms with E-state index in [1.165, 1.54) is 68.5 Å². The molecule has 0 unspecified atom stereocenters. The molecule has 0 atom stereocenters. The molecule has 0 aliphatic rings. The van der Waals surface area contributed by atoms with Crippen molar-refractivity contribution in [3.63, 3.8) is 0 Å². The summed E-state index contributed by atoms with van der Waals surface area (Å²) in [5, 5.41) is 0. The fraction of sp³-hybridized carbons (Fsp3) is 0.278. The largest absolute Gasteiger partial charge is 0.573 e. The van der Waals surface area contributed by atoms with Crippen LogP contribution in [0, 0.1) is 0 Å². The summed E-state index contributed by atoms with van der Waals surface area (Å²) in [7, 11) is 0.413. The molecule has 2 aromatic carbocycles. The van der Waals surface area contributed by atoms with E-state index in [0.29, 0.717) is 0 Å². The van der Waals surface area contributed by atoms with Crippen LogP contribution in [0.4, 0.5) is 13.2 Å². The Bertz CT molecular complexity index is 959. The molecule has 10 heteroatoms. The van der Waals surface area contributed by atoms with Crippen LogP contribution in [-0.2, 0) is 16.6 Å². The molecule has 0 heterocycles. The molecule has 0 saturated heterocycles. The van der Waals surface area contributed by atoms with Crippen molar-refractivity contribution in [2.75, 3.05) is 21.1 Å². The van der Waals surface area contributed by atoms with Gasteiger partial charge in [-0.15, -0.1) is 13.2 Å². The zero-order valence-electron chi connectivity index (χ0n) is 15.4. The average molecular weight is 416 g/mol. The summed E-state index contributed by atoms with van der Waals surface area (Å²) in [5.74, 6) is -0.948. The number of nitrogens with zero attached hydrogens (tertiary/aromatic N) is 2. The number of hydrogen-bond donors (Lipinski definition) is 0. The minimum absolute atomic E-state index is 0.0578. The zero-order valence-corrected chi connectivity index (χ0v) is 16.2. The lowest BCUT2D eigenvalue weighted by Gasteiger charge is -2.20. The minimum Gasteiger partial charge on any atom is -0.405 e. The van der Waals surface area contributed by atoms with Gasteiger partial charge in [0, 0.05) is 38.8 Å². The van der Waals surface area contributed by atoms with Crippen LogP contribution in [0.1, 0.15) is 15.9 Å². The van der Waals surface area contributed by atoms with Crippen molar-refractivity contribution in [3.8, 4) is 5.75 Å². The third-order valence-corrected chi connectivity index (χ3v) is 5.62.